The molecular formula is C10H11NO. The molecule has 62 valence electrons. The maximum Gasteiger partial charge on any atom is 0.0696 e. The molecule has 0 amide bonds. The Labute approximate surface area is 71.1 Å². The first-order valence-corrected chi connectivity index (χ1v) is 3.98. The van der Waals surface area contributed by atoms with Gasteiger partial charge in [0.1, 0.15) is 0 Å². The molecule has 0 aliphatic rings. The molecule has 0 atom stereocenters. The van der Waals surface area contributed by atoms with Crippen LogP contribution in [0.4, 0.5) is 0 Å². The molecule has 0 spiro atoms. The third-order valence-corrected chi connectivity index (χ3v) is 1.98. The summed E-state index contributed by atoms with van der Waals surface area (Å²) in [7, 11) is 0. The minimum Gasteiger partial charge on any atom is -0.392 e. The number of aliphatic hydroxyl groups is 1. The molecule has 0 aliphatic heterocycles. The summed E-state index contributed by atoms with van der Waals surface area (Å²) >= 11 is 0. The Morgan fingerprint density at radius 1 is 1.33 bits per heavy atom. The van der Waals surface area contributed by atoms with Gasteiger partial charge >= 0.3 is 0 Å². The van der Waals surface area contributed by atoms with Gasteiger partial charge in [-0.2, -0.15) is 0 Å². The number of hydrogen-bond donors (Lipinski definition) is 1. The van der Waals surface area contributed by atoms with E-state index >= 15 is 0 Å². The van der Waals surface area contributed by atoms with Crippen LogP contribution in [-0.2, 0) is 6.61 Å². The third kappa shape index (κ3) is 1.10. The molecule has 2 nitrogen and oxygen atoms in total. The van der Waals surface area contributed by atoms with Gasteiger partial charge in [0.2, 0.25) is 0 Å². The molecular weight excluding hydrogens is 150 g/mol. The summed E-state index contributed by atoms with van der Waals surface area (Å²) in [6.45, 7) is 2.17. The van der Waals surface area contributed by atoms with Gasteiger partial charge in [0.25, 0.3) is 0 Å². The van der Waals surface area contributed by atoms with Crippen LogP contribution in [0.3, 0.4) is 0 Å². The lowest BCUT2D eigenvalue weighted by Crippen LogP contribution is -1.82. The van der Waals surface area contributed by atoms with Gasteiger partial charge in [-0.05, 0) is 30.2 Å². The fourth-order valence-electron chi connectivity index (χ4n) is 1.37. The number of nitrogens with zero attached hydrogens (tertiary/aromatic N) is 1. The van der Waals surface area contributed by atoms with E-state index in [0.717, 1.165) is 11.1 Å². The zero-order chi connectivity index (χ0) is 8.55. The fraction of sp³-hybridized carbons (Fsp3) is 0.200. The van der Waals surface area contributed by atoms with Gasteiger partial charge in [-0.1, -0.05) is 6.07 Å². The van der Waals surface area contributed by atoms with Crippen LogP contribution in [0, 0.1) is 6.92 Å². The van der Waals surface area contributed by atoms with Crippen molar-refractivity contribution in [2.75, 3.05) is 0 Å². The number of aliphatic hydroxyl groups excluding tert-OH is 1. The highest BCUT2D eigenvalue weighted by molar-refractivity contribution is 5.50. The Hall–Kier alpha value is -1.28. The van der Waals surface area contributed by atoms with Gasteiger partial charge in [-0.15, -0.1) is 0 Å². The highest BCUT2D eigenvalue weighted by Crippen LogP contribution is 2.10. The maximum atomic E-state index is 8.89. The number of aromatic nitrogens is 1. The second-order valence-electron chi connectivity index (χ2n) is 3.05. The summed E-state index contributed by atoms with van der Waals surface area (Å²) in [6, 6.07) is 6.10. The number of pyridine rings is 1. The first-order chi connectivity index (χ1) is 5.79. The molecule has 0 saturated heterocycles. The van der Waals surface area contributed by atoms with Crippen molar-refractivity contribution >= 4 is 5.52 Å². The maximum absolute atomic E-state index is 8.89. The average Bonchev–Trinajstić information content (AvgIpc) is 2.46. The summed E-state index contributed by atoms with van der Waals surface area (Å²) in [4.78, 5) is 0. The second-order valence-corrected chi connectivity index (χ2v) is 3.05. The minimum atomic E-state index is 0.112. The predicted molar refractivity (Wildman–Crippen MR) is 48.1 cm³/mol. The molecule has 2 heteroatoms. The Morgan fingerprint density at radius 3 is 2.92 bits per heavy atom. The van der Waals surface area contributed by atoms with Gasteiger partial charge in [0, 0.05) is 17.9 Å². The molecule has 0 bridgehead atoms. The van der Waals surface area contributed by atoms with Crippen molar-refractivity contribution in [1.29, 1.82) is 0 Å². The van der Waals surface area contributed by atoms with Crippen molar-refractivity contribution < 1.29 is 5.11 Å². The summed E-state index contributed by atoms with van der Waals surface area (Å²) < 4.78 is 2.03. The van der Waals surface area contributed by atoms with Crippen molar-refractivity contribution in [3.8, 4) is 0 Å². The standard InChI is InChI=1S/C10H11NO/c1-8-2-3-10-4-9(7-12)6-11(10)5-8/h2-6,12H,7H2,1H3. The molecule has 2 heterocycles. The van der Waals surface area contributed by atoms with Gasteiger partial charge < -0.3 is 9.51 Å². The molecule has 12 heavy (non-hydrogen) atoms. The SMILES string of the molecule is Cc1ccc2cc(CO)cn2c1. The second kappa shape index (κ2) is 2.64. The molecule has 2 rings (SSSR count). The van der Waals surface area contributed by atoms with Crippen LogP contribution >= 0.6 is 0 Å². The molecule has 0 fully saturated rings. The van der Waals surface area contributed by atoms with Crippen molar-refractivity contribution in [3.05, 3.63) is 41.7 Å². The van der Waals surface area contributed by atoms with E-state index in [1.54, 1.807) is 0 Å². The monoisotopic (exact) mass is 161 g/mol. The molecule has 0 aliphatic carbocycles. The summed E-state index contributed by atoms with van der Waals surface area (Å²) in [5.74, 6) is 0. The lowest BCUT2D eigenvalue weighted by molar-refractivity contribution is 0.282. The van der Waals surface area contributed by atoms with E-state index in [9.17, 15) is 0 Å². The molecule has 0 unspecified atom stereocenters. The average molecular weight is 161 g/mol. The zero-order valence-electron chi connectivity index (χ0n) is 6.99. The van der Waals surface area contributed by atoms with E-state index < -0.39 is 0 Å². The van der Waals surface area contributed by atoms with E-state index in [4.69, 9.17) is 5.11 Å². The van der Waals surface area contributed by atoms with E-state index in [1.807, 2.05) is 16.7 Å². The lowest BCUT2D eigenvalue weighted by atomic mass is 10.3. The number of hydrogen-bond acceptors (Lipinski definition) is 1. The Balaban J connectivity index is 2.67. The van der Waals surface area contributed by atoms with E-state index in [1.165, 1.54) is 5.56 Å². The van der Waals surface area contributed by atoms with Gasteiger partial charge in [-0.3, -0.25) is 0 Å². The quantitative estimate of drug-likeness (QED) is 0.677. The summed E-state index contributed by atoms with van der Waals surface area (Å²) in [6.07, 6.45) is 4.00. The normalized spacial score (nSPS) is 10.8. The first kappa shape index (κ1) is 7.37. The van der Waals surface area contributed by atoms with Crippen LogP contribution in [0.15, 0.2) is 30.6 Å². The molecule has 0 radical (unpaired) electrons. The molecule has 2 aromatic rings. The Kier molecular flexibility index (Phi) is 1.62. The number of aryl methyl sites for hydroxylation is 1. The Morgan fingerprint density at radius 2 is 2.17 bits per heavy atom. The van der Waals surface area contributed by atoms with Crippen molar-refractivity contribution in [2.24, 2.45) is 0 Å². The highest BCUT2D eigenvalue weighted by Gasteiger charge is 1.96. The van der Waals surface area contributed by atoms with Crippen molar-refractivity contribution in [1.82, 2.24) is 4.40 Å². The lowest BCUT2D eigenvalue weighted by Gasteiger charge is -1.94. The molecule has 2 aromatic heterocycles. The van der Waals surface area contributed by atoms with Crippen LogP contribution in [0.2, 0.25) is 0 Å². The van der Waals surface area contributed by atoms with Gasteiger partial charge in [0.05, 0.1) is 6.61 Å². The minimum absolute atomic E-state index is 0.112. The van der Waals surface area contributed by atoms with Crippen molar-refractivity contribution in [2.45, 2.75) is 13.5 Å². The fourth-order valence-corrected chi connectivity index (χ4v) is 1.37. The van der Waals surface area contributed by atoms with Crippen LogP contribution < -0.4 is 0 Å². The Bertz CT molecular complexity index is 403. The van der Waals surface area contributed by atoms with Crippen LogP contribution in [-0.4, -0.2) is 9.51 Å². The van der Waals surface area contributed by atoms with E-state index in [2.05, 4.69) is 25.3 Å². The molecule has 0 saturated carbocycles. The topological polar surface area (TPSA) is 24.6 Å². The smallest absolute Gasteiger partial charge is 0.0696 e. The summed E-state index contributed by atoms with van der Waals surface area (Å²) in [5, 5.41) is 8.89. The molecule has 0 aromatic carbocycles. The van der Waals surface area contributed by atoms with Crippen LogP contribution in [0.1, 0.15) is 11.1 Å². The predicted octanol–water partition coefficient (Wildman–Crippen LogP) is 1.74. The third-order valence-electron chi connectivity index (χ3n) is 1.98. The first-order valence-electron chi connectivity index (χ1n) is 3.98. The number of fused-ring (bicyclic) bond motifs is 1. The van der Waals surface area contributed by atoms with E-state index in [0.29, 0.717) is 0 Å². The molecule has 1 N–H and O–H groups in total. The van der Waals surface area contributed by atoms with Crippen LogP contribution in [0.5, 0.6) is 0 Å². The van der Waals surface area contributed by atoms with E-state index in [-0.39, 0.29) is 6.61 Å². The van der Waals surface area contributed by atoms with Gasteiger partial charge in [-0.25, -0.2) is 0 Å². The highest BCUT2D eigenvalue weighted by atomic mass is 16.3. The largest absolute Gasteiger partial charge is 0.392 e. The van der Waals surface area contributed by atoms with Crippen LogP contribution in [0.25, 0.3) is 5.52 Å². The summed E-state index contributed by atoms with van der Waals surface area (Å²) in [5.41, 5.74) is 3.31. The van der Waals surface area contributed by atoms with Crippen molar-refractivity contribution in [3.63, 3.8) is 0 Å². The van der Waals surface area contributed by atoms with Gasteiger partial charge in [0.15, 0.2) is 0 Å². The zero-order valence-corrected chi connectivity index (χ0v) is 6.99. The number of rotatable bonds is 1.